The first-order valence-corrected chi connectivity index (χ1v) is 5.95. The molecule has 0 bridgehead atoms. The number of anilines is 1. The monoisotopic (exact) mass is 305 g/mol. The van der Waals surface area contributed by atoms with Crippen molar-refractivity contribution in [1.82, 2.24) is 10.1 Å². The molecule has 0 aliphatic carbocycles. The van der Waals surface area contributed by atoms with Crippen LogP contribution in [0.25, 0.3) is 22.5 Å². The van der Waals surface area contributed by atoms with Gasteiger partial charge in [-0.3, -0.25) is 4.98 Å². The average Bonchev–Trinajstić information content (AvgIpc) is 2.96. The summed E-state index contributed by atoms with van der Waals surface area (Å²) >= 11 is 3.31. The number of nitrogens with zero attached hydrogens (tertiary/aromatic N) is 2. The van der Waals surface area contributed by atoms with E-state index in [1.54, 1.807) is 24.7 Å². The zero-order valence-electron chi connectivity index (χ0n) is 9.13. The SMILES string of the molecule is Nc1noc(-c2ccoc2Br)c1-c1cccnc1. The predicted molar refractivity (Wildman–Crippen MR) is 69.5 cm³/mol. The number of aromatic nitrogens is 2. The fraction of sp³-hybridized carbons (Fsp3) is 0. The summed E-state index contributed by atoms with van der Waals surface area (Å²) in [7, 11) is 0. The standard InChI is InChI=1S/C12H8BrN3O2/c13-11-8(3-5-17-11)10-9(12(14)16-18-10)7-2-1-4-15-6-7/h1-6H,(H2,14,16). The van der Waals surface area contributed by atoms with E-state index in [0.717, 1.165) is 11.1 Å². The van der Waals surface area contributed by atoms with Gasteiger partial charge in [-0.15, -0.1) is 0 Å². The number of nitrogens with two attached hydrogens (primary N) is 1. The molecule has 0 aliphatic heterocycles. The van der Waals surface area contributed by atoms with Crippen LogP contribution in [0.15, 0.2) is 50.5 Å². The molecular weight excluding hydrogens is 298 g/mol. The highest BCUT2D eigenvalue weighted by atomic mass is 79.9. The highest BCUT2D eigenvalue weighted by molar-refractivity contribution is 9.10. The van der Waals surface area contributed by atoms with Crippen LogP contribution in [0.2, 0.25) is 0 Å². The van der Waals surface area contributed by atoms with Gasteiger partial charge >= 0.3 is 0 Å². The molecule has 0 unspecified atom stereocenters. The van der Waals surface area contributed by atoms with E-state index in [4.69, 9.17) is 14.7 Å². The summed E-state index contributed by atoms with van der Waals surface area (Å²) in [5.41, 5.74) is 8.17. The molecule has 18 heavy (non-hydrogen) atoms. The van der Waals surface area contributed by atoms with Gasteiger partial charge in [0.25, 0.3) is 0 Å². The molecule has 0 saturated carbocycles. The largest absolute Gasteiger partial charge is 0.457 e. The second kappa shape index (κ2) is 4.30. The third kappa shape index (κ3) is 1.70. The molecule has 2 N–H and O–H groups in total. The average molecular weight is 306 g/mol. The van der Waals surface area contributed by atoms with Gasteiger partial charge < -0.3 is 14.7 Å². The van der Waals surface area contributed by atoms with Crippen LogP contribution in [0.1, 0.15) is 0 Å². The molecule has 0 aliphatic rings. The Morgan fingerprint density at radius 2 is 2.17 bits per heavy atom. The highest BCUT2D eigenvalue weighted by Crippen LogP contribution is 2.39. The van der Waals surface area contributed by atoms with Crippen molar-refractivity contribution < 1.29 is 8.94 Å². The Kier molecular flexibility index (Phi) is 2.64. The number of hydrogen-bond acceptors (Lipinski definition) is 5. The molecule has 3 heterocycles. The van der Waals surface area contributed by atoms with Crippen LogP contribution in [-0.2, 0) is 0 Å². The molecule has 0 saturated heterocycles. The molecule has 3 aromatic heterocycles. The maximum absolute atomic E-state index is 5.85. The zero-order chi connectivity index (χ0) is 12.5. The zero-order valence-corrected chi connectivity index (χ0v) is 10.7. The number of rotatable bonds is 2. The Morgan fingerprint density at radius 3 is 2.83 bits per heavy atom. The Balaban J connectivity index is 2.22. The molecule has 0 aromatic carbocycles. The van der Waals surface area contributed by atoms with Crippen molar-refractivity contribution in [3.05, 3.63) is 41.5 Å². The van der Waals surface area contributed by atoms with Gasteiger partial charge in [0, 0.05) is 18.0 Å². The first kappa shape index (κ1) is 11.0. The number of halogens is 1. The quantitative estimate of drug-likeness (QED) is 0.785. The van der Waals surface area contributed by atoms with Crippen molar-refractivity contribution in [2.75, 3.05) is 5.73 Å². The second-order valence-electron chi connectivity index (χ2n) is 3.62. The van der Waals surface area contributed by atoms with E-state index < -0.39 is 0 Å². The highest BCUT2D eigenvalue weighted by Gasteiger charge is 2.20. The lowest BCUT2D eigenvalue weighted by Crippen LogP contribution is -1.89. The predicted octanol–water partition coefficient (Wildman–Crippen LogP) is 3.34. The Hall–Kier alpha value is -2.08. The van der Waals surface area contributed by atoms with Crippen molar-refractivity contribution in [3.63, 3.8) is 0 Å². The number of hydrogen-bond donors (Lipinski definition) is 1. The van der Waals surface area contributed by atoms with Gasteiger partial charge in [0.05, 0.1) is 17.4 Å². The Bertz CT molecular complexity index is 676. The van der Waals surface area contributed by atoms with Crippen molar-refractivity contribution in [3.8, 4) is 22.5 Å². The first-order chi connectivity index (χ1) is 8.77. The normalized spacial score (nSPS) is 10.7. The Morgan fingerprint density at radius 1 is 1.28 bits per heavy atom. The van der Waals surface area contributed by atoms with Gasteiger partial charge in [-0.05, 0) is 28.1 Å². The number of furan rings is 1. The molecule has 90 valence electrons. The van der Waals surface area contributed by atoms with Crippen LogP contribution in [0.3, 0.4) is 0 Å². The summed E-state index contributed by atoms with van der Waals surface area (Å²) in [5, 5.41) is 3.80. The third-order valence-corrected chi connectivity index (χ3v) is 3.15. The first-order valence-electron chi connectivity index (χ1n) is 5.16. The lowest BCUT2D eigenvalue weighted by Gasteiger charge is -2.00. The molecule has 6 heteroatoms. The molecule has 0 radical (unpaired) electrons. The lowest BCUT2D eigenvalue weighted by atomic mass is 10.1. The molecule has 3 rings (SSSR count). The van der Waals surface area contributed by atoms with Gasteiger partial charge in [-0.25, -0.2) is 0 Å². The maximum Gasteiger partial charge on any atom is 0.181 e. The van der Waals surface area contributed by atoms with Crippen molar-refractivity contribution >= 4 is 21.7 Å². The minimum absolute atomic E-state index is 0.325. The van der Waals surface area contributed by atoms with Crippen LogP contribution < -0.4 is 5.73 Å². The van der Waals surface area contributed by atoms with E-state index in [1.807, 2.05) is 12.1 Å². The van der Waals surface area contributed by atoms with Crippen LogP contribution in [-0.4, -0.2) is 10.1 Å². The van der Waals surface area contributed by atoms with Crippen LogP contribution in [0, 0.1) is 0 Å². The third-order valence-electron chi connectivity index (χ3n) is 2.53. The molecule has 0 fully saturated rings. The maximum atomic E-state index is 5.85. The number of nitrogen functional groups attached to an aromatic ring is 1. The summed E-state index contributed by atoms with van der Waals surface area (Å²) in [5.74, 6) is 0.882. The van der Waals surface area contributed by atoms with E-state index in [9.17, 15) is 0 Å². The van der Waals surface area contributed by atoms with E-state index in [-0.39, 0.29) is 0 Å². The molecule has 0 amide bonds. The van der Waals surface area contributed by atoms with Crippen LogP contribution in [0.4, 0.5) is 5.82 Å². The van der Waals surface area contributed by atoms with Gasteiger partial charge in [0.2, 0.25) is 0 Å². The Labute approximate surface area is 111 Å². The van der Waals surface area contributed by atoms with Crippen molar-refractivity contribution in [1.29, 1.82) is 0 Å². The molecule has 0 atom stereocenters. The van der Waals surface area contributed by atoms with E-state index in [2.05, 4.69) is 26.1 Å². The van der Waals surface area contributed by atoms with Gasteiger partial charge in [-0.1, -0.05) is 11.2 Å². The molecule has 0 spiro atoms. The van der Waals surface area contributed by atoms with E-state index >= 15 is 0 Å². The number of pyridine rings is 1. The summed E-state index contributed by atoms with van der Waals surface area (Å²) in [4.78, 5) is 4.07. The molecular formula is C12H8BrN3O2. The van der Waals surface area contributed by atoms with E-state index in [1.165, 1.54) is 0 Å². The minimum atomic E-state index is 0.325. The second-order valence-corrected chi connectivity index (χ2v) is 4.34. The lowest BCUT2D eigenvalue weighted by molar-refractivity contribution is 0.434. The van der Waals surface area contributed by atoms with Gasteiger partial charge in [0.1, 0.15) is 0 Å². The summed E-state index contributed by atoms with van der Waals surface area (Å²) in [6, 6.07) is 5.51. The molecule has 3 aromatic rings. The summed E-state index contributed by atoms with van der Waals surface area (Å²) < 4.78 is 11.0. The van der Waals surface area contributed by atoms with Crippen molar-refractivity contribution in [2.24, 2.45) is 0 Å². The van der Waals surface area contributed by atoms with Gasteiger partial charge in [0.15, 0.2) is 16.2 Å². The van der Waals surface area contributed by atoms with Crippen LogP contribution in [0.5, 0.6) is 0 Å². The minimum Gasteiger partial charge on any atom is -0.457 e. The summed E-state index contributed by atoms with van der Waals surface area (Å²) in [6.07, 6.45) is 4.96. The van der Waals surface area contributed by atoms with Crippen LogP contribution >= 0.6 is 15.9 Å². The van der Waals surface area contributed by atoms with Crippen molar-refractivity contribution in [2.45, 2.75) is 0 Å². The topological polar surface area (TPSA) is 78.1 Å². The smallest absolute Gasteiger partial charge is 0.181 e. The van der Waals surface area contributed by atoms with Gasteiger partial charge in [-0.2, -0.15) is 0 Å². The fourth-order valence-corrected chi connectivity index (χ4v) is 2.15. The molecule has 5 nitrogen and oxygen atoms in total. The van der Waals surface area contributed by atoms with E-state index in [0.29, 0.717) is 21.8 Å². The fourth-order valence-electron chi connectivity index (χ4n) is 1.73. The summed E-state index contributed by atoms with van der Waals surface area (Å²) in [6.45, 7) is 0.